The summed E-state index contributed by atoms with van der Waals surface area (Å²) in [5.74, 6) is -0.379. The Kier molecular flexibility index (Phi) is 7.11. The van der Waals surface area contributed by atoms with Gasteiger partial charge in [-0.3, -0.25) is 0 Å². The van der Waals surface area contributed by atoms with E-state index in [1.807, 2.05) is 50.8 Å². The lowest BCUT2D eigenvalue weighted by molar-refractivity contribution is 0.0240. The molecule has 0 aliphatic carbocycles. The van der Waals surface area contributed by atoms with Gasteiger partial charge in [-0.05, 0) is 63.6 Å². The van der Waals surface area contributed by atoms with Crippen molar-refractivity contribution in [1.29, 1.82) is 0 Å². The van der Waals surface area contributed by atoms with Crippen LogP contribution < -0.4 is 10.2 Å². The number of hydrogen-bond acceptors (Lipinski definition) is 5. The topological polar surface area (TPSA) is 65.0 Å². The molecule has 1 saturated heterocycles. The number of aryl methyl sites for hydroxylation is 1. The molecule has 31 heavy (non-hydrogen) atoms. The lowest BCUT2D eigenvalue weighted by Crippen LogP contribution is -2.50. The average Bonchev–Trinajstić information content (AvgIpc) is 2.67. The number of nitrogens with zero attached hydrogens (tertiary/aromatic N) is 2. The molecule has 1 aliphatic rings. The number of carbonyl (C=O) groups excluding carboxylic acids is 1. The van der Waals surface area contributed by atoms with E-state index in [2.05, 4.69) is 21.2 Å². The van der Waals surface area contributed by atoms with E-state index in [-0.39, 0.29) is 11.9 Å². The van der Waals surface area contributed by atoms with Crippen molar-refractivity contribution in [2.75, 3.05) is 36.4 Å². The van der Waals surface area contributed by atoms with Gasteiger partial charge in [0, 0.05) is 41.9 Å². The van der Waals surface area contributed by atoms with Crippen molar-refractivity contribution in [2.24, 2.45) is 0 Å². The number of amides is 1. The maximum Gasteiger partial charge on any atom is 0.410 e. The second-order valence-electron chi connectivity index (χ2n) is 8.67. The van der Waals surface area contributed by atoms with Gasteiger partial charge in [0.2, 0.25) is 0 Å². The summed E-state index contributed by atoms with van der Waals surface area (Å²) < 4.78 is 21.2. The van der Waals surface area contributed by atoms with E-state index >= 15 is 0 Å². The lowest BCUT2D eigenvalue weighted by atomic mass is 10.1. The van der Waals surface area contributed by atoms with Crippen molar-refractivity contribution in [3.63, 3.8) is 0 Å². The number of hydrogen-bond donors (Lipinski definition) is 2. The van der Waals surface area contributed by atoms with Crippen molar-refractivity contribution in [3.8, 4) is 0 Å². The van der Waals surface area contributed by atoms with E-state index < -0.39 is 11.8 Å². The Morgan fingerprint density at radius 1 is 1.16 bits per heavy atom. The molecule has 168 valence electrons. The molecule has 6 nitrogen and oxygen atoms in total. The van der Waals surface area contributed by atoms with E-state index in [0.717, 1.165) is 15.6 Å². The highest BCUT2D eigenvalue weighted by Crippen LogP contribution is 2.28. The summed E-state index contributed by atoms with van der Waals surface area (Å²) in [5, 5.41) is 13.5. The molecule has 0 saturated carbocycles. The third kappa shape index (κ3) is 6.11. The fraction of sp³-hybridized carbons (Fsp3) is 0.435. The second kappa shape index (κ2) is 9.44. The zero-order chi connectivity index (χ0) is 22.8. The number of ether oxygens (including phenoxy) is 1. The zero-order valence-corrected chi connectivity index (χ0v) is 19.9. The summed E-state index contributed by atoms with van der Waals surface area (Å²) in [6.07, 6.45) is -1.29. The Morgan fingerprint density at radius 2 is 1.84 bits per heavy atom. The smallest absolute Gasteiger partial charge is 0.410 e. The summed E-state index contributed by atoms with van der Waals surface area (Å²) in [7, 11) is 0. The summed E-state index contributed by atoms with van der Waals surface area (Å²) in [6.45, 7) is 9.38. The van der Waals surface area contributed by atoms with Gasteiger partial charge in [-0.1, -0.05) is 22.0 Å². The number of aliphatic hydroxyl groups is 1. The molecule has 1 amide bonds. The molecule has 0 bridgehead atoms. The molecule has 0 radical (unpaired) electrons. The first kappa shape index (κ1) is 23.3. The van der Waals surface area contributed by atoms with Crippen LogP contribution in [0.5, 0.6) is 0 Å². The van der Waals surface area contributed by atoms with Gasteiger partial charge < -0.3 is 25.0 Å². The number of anilines is 2. The van der Waals surface area contributed by atoms with Crippen LogP contribution in [0.2, 0.25) is 0 Å². The largest absolute Gasteiger partial charge is 0.444 e. The number of benzene rings is 2. The van der Waals surface area contributed by atoms with Crippen LogP contribution >= 0.6 is 15.9 Å². The molecule has 1 unspecified atom stereocenters. The van der Waals surface area contributed by atoms with E-state index in [4.69, 9.17) is 4.74 Å². The van der Waals surface area contributed by atoms with Crippen LogP contribution in [0.15, 0.2) is 40.9 Å². The summed E-state index contributed by atoms with van der Waals surface area (Å²) >= 11 is 3.41. The minimum Gasteiger partial charge on any atom is -0.444 e. The number of aliphatic hydroxyl groups excluding tert-OH is 1. The third-order valence-electron chi connectivity index (χ3n) is 5.05. The third-order valence-corrected chi connectivity index (χ3v) is 5.54. The van der Waals surface area contributed by atoms with Crippen molar-refractivity contribution >= 4 is 33.4 Å². The predicted octanol–water partition coefficient (Wildman–Crippen LogP) is 5.06. The molecular formula is C23H29BrFN3O3. The fourth-order valence-corrected chi connectivity index (χ4v) is 3.97. The fourth-order valence-electron chi connectivity index (χ4n) is 3.49. The quantitative estimate of drug-likeness (QED) is 0.582. The van der Waals surface area contributed by atoms with Crippen molar-refractivity contribution in [3.05, 3.63) is 57.8 Å². The van der Waals surface area contributed by atoms with Crippen LogP contribution in [-0.2, 0) is 4.74 Å². The first-order valence-electron chi connectivity index (χ1n) is 10.3. The van der Waals surface area contributed by atoms with Crippen molar-refractivity contribution in [1.82, 2.24) is 4.90 Å². The number of halogens is 2. The van der Waals surface area contributed by atoms with Crippen LogP contribution in [-0.4, -0.2) is 47.9 Å². The lowest BCUT2D eigenvalue weighted by Gasteiger charge is -2.36. The van der Waals surface area contributed by atoms with Gasteiger partial charge in [0.1, 0.15) is 11.4 Å². The maximum absolute atomic E-state index is 14.8. The van der Waals surface area contributed by atoms with Crippen LogP contribution in [0.4, 0.5) is 20.6 Å². The molecule has 1 atom stereocenters. The van der Waals surface area contributed by atoms with E-state index in [1.54, 1.807) is 17.0 Å². The molecule has 1 fully saturated rings. The number of rotatable bonds is 4. The van der Waals surface area contributed by atoms with Gasteiger partial charge in [-0.15, -0.1) is 0 Å². The highest BCUT2D eigenvalue weighted by atomic mass is 79.9. The van der Waals surface area contributed by atoms with E-state index in [9.17, 15) is 14.3 Å². The zero-order valence-electron chi connectivity index (χ0n) is 18.3. The molecule has 2 aromatic rings. The van der Waals surface area contributed by atoms with Gasteiger partial charge in [-0.2, -0.15) is 0 Å². The summed E-state index contributed by atoms with van der Waals surface area (Å²) in [4.78, 5) is 15.8. The Hall–Kier alpha value is -2.32. The molecule has 1 heterocycles. The van der Waals surface area contributed by atoms with Gasteiger partial charge in [0.25, 0.3) is 0 Å². The van der Waals surface area contributed by atoms with Gasteiger partial charge in [0.05, 0.1) is 5.69 Å². The van der Waals surface area contributed by atoms with Crippen LogP contribution in [0.3, 0.4) is 0 Å². The molecular weight excluding hydrogens is 465 g/mol. The predicted molar refractivity (Wildman–Crippen MR) is 124 cm³/mol. The number of carbonyl (C=O) groups is 1. The van der Waals surface area contributed by atoms with Crippen LogP contribution in [0, 0.1) is 12.7 Å². The SMILES string of the molecule is Cc1cc(Br)ccc1C(O)Nc1ccc(N2CCN(C(=O)OC(C)(C)C)CC2)c(F)c1. The van der Waals surface area contributed by atoms with Gasteiger partial charge >= 0.3 is 6.09 Å². The molecule has 0 aromatic heterocycles. The van der Waals surface area contributed by atoms with Crippen molar-refractivity contribution < 1.29 is 19.0 Å². The molecule has 2 N–H and O–H groups in total. The van der Waals surface area contributed by atoms with Crippen LogP contribution in [0.25, 0.3) is 0 Å². The normalized spacial score (nSPS) is 15.6. The Bertz CT molecular complexity index is 940. The van der Waals surface area contributed by atoms with E-state index in [1.165, 1.54) is 6.07 Å². The van der Waals surface area contributed by atoms with Gasteiger partial charge in [-0.25, -0.2) is 9.18 Å². The standard InChI is InChI=1S/C23H29BrFN3O3/c1-15-13-16(24)5-7-18(15)21(29)26-17-6-8-20(19(25)14-17)27-9-11-28(12-10-27)22(30)31-23(2,3)4/h5-8,13-14,21,26,29H,9-12H2,1-4H3. The Labute approximate surface area is 191 Å². The number of nitrogens with one attached hydrogen (secondary N) is 1. The summed E-state index contributed by atoms with van der Waals surface area (Å²) in [5.41, 5.74) is 2.08. The summed E-state index contributed by atoms with van der Waals surface area (Å²) in [6, 6.07) is 10.4. The van der Waals surface area contributed by atoms with Crippen molar-refractivity contribution in [2.45, 2.75) is 39.5 Å². The molecule has 8 heteroatoms. The monoisotopic (exact) mass is 493 g/mol. The first-order valence-corrected chi connectivity index (χ1v) is 11.1. The molecule has 1 aliphatic heterocycles. The van der Waals surface area contributed by atoms with Gasteiger partial charge in [0.15, 0.2) is 6.23 Å². The Morgan fingerprint density at radius 3 is 2.42 bits per heavy atom. The Balaban J connectivity index is 1.62. The number of piperazine rings is 1. The van der Waals surface area contributed by atoms with E-state index in [0.29, 0.717) is 37.6 Å². The molecule has 3 rings (SSSR count). The average molecular weight is 494 g/mol. The maximum atomic E-state index is 14.8. The molecule has 0 spiro atoms. The molecule has 2 aromatic carbocycles. The highest BCUT2D eigenvalue weighted by Gasteiger charge is 2.27. The minimum atomic E-state index is -0.948. The minimum absolute atomic E-state index is 0.343. The first-order chi connectivity index (χ1) is 14.5. The van der Waals surface area contributed by atoms with Crippen LogP contribution in [0.1, 0.15) is 38.1 Å². The highest BCUT2D eigenvalue weighted by molar-refractivity contribution is 9.10. The second-order valence-corrected chi connectivity index (χ2v) is 9.58.